The molecule has 2 heterocycles. The molecule has 0 bridgehead atoms. The molecule has 0 unspecified atom stereocenters. The first-order valence-electron chi connectivity index (χ1n) is 9.62. The van der Waals surface area contributed by atoms with Crippen LogP contribution in [0, 0.1) is 6.92 Å². The summed E-state index contributed by atoms with van der Waals surface area (Å²) in [5, 5.41) is 11.6. The molecule has 1 aliphatic heterocycles. The highest BCUT2D eigenvalue weighted by Gasteiger charge is 2.12. The van der Waals surface area contributed by atoms with Gasteiger partial charge in [0, 0.05) is 25.0 Å². The number of halogens is 2. The first-order chi connectivity index (χ1) is 14.0. The molecule has 0 saturated carbocycles. The number of aromatic hydroxyl groups is 1. The highest BCUT2D eigenvalue weighted by molar-refractivity contribution is 6.39. The van der Waals surface area contributed by atoms with Crippen molar-refractivity contribution in [1.29, 1.82) is 0 Å². The lowest BCUT2D eigenvalue weighted by Gasteiger charge is -2.25. The van der Waals surface area contributed by atoms with Gasteiger partial charge >= 0.3 is 0 Å². The summed E-state index contributed by atoms with van der Waals surface area (Å²) in [7, 11) is 0. The number of phenolic OH excluding ortho intramolecular Hbond substituents is 1. The van der Waals surface area contributed by atoms with Crippen LogP contribution in [0.4, 0.5) is 0 Å². The van der Waals surface area contributed by atoms with Crippen LogP contribution in [0.2, 0.25) is 10.0 Å². The van der Waals surface area contributed by atoms with Gasteiger partial charge in [0.25, 0.3) is 0 Å². The Balaban J connectivity index is 1.45. The minimum Gasteiger partial charge on any atom is -0.504 e. The van der Waals surface area contributed by atoms with E-state index < -0.39 is 0 Å². The van der Waals surface area contributed by atoms with Crippen molar-refractivity contribution >= 4 is 40.2 Å². The number of aromatic nitrogens is 1. The van der Waals surface area contributed by atoms with E-state index in [2.05, 4.69) is 53.2 Å². The summed E-state index contributed by atoms with van der Waals surface area (Å²) in [6.45, 7) is 5.05. The highest BCUT2D eigenvalue weighted by atomic mass is 35.5. The van der Waals surface area contributed by atoms with Crippen LogP contribution in [0.3, 0.4) is 0 Å². The first-order valence-corrected chi connectivity index (χ1v) is 10.4. The minimum atomic E-state index is -0.0371. The lowest BCUT2D eigenvalue weighted by atomic mass is 10.1. The first kappa shape index (κ1) is 20.0. The Kier molecular flexibility index (Phi) is 5.91. The molecule has 1 N–H and O–H groups in total. The number of rotatable bonds is 4. The van der Waals surface area contributed by atoms with Crippen LogP contribution in [0.5, 0.6) is 5.75 Å². The van der Waals surface area contributed by atoms with Gasteiger partial charge in [-0.05, 0) is 48.8 Å². The van der Waals surface area contributed by atoms with Gasteiger partial charge in [-0.2, -0.15) is 0 Å². The molecule has 2 aromatic carbocycles. The molecule has 1 aromatic heterocycles. The molecule has 5 heteroatoms. The molecular weight excluding hydrogens is 403 g/mol. The Labute approximate surface area is 180 Å². The molecule has 3 aromatic rings. The summed E-state index contributed by atoms with van der Waals surface area (Å²) in [6.07, 6.45) is 7.33. The van der Waals surface area contributed by atoms with E-state index in [9.17, 15) is 5.11 Å². The van der Waals surface area contributed by atoms with E-state index in [1.165, 1.54) is 22.8 Å². The Morgan fingerprint density at radius 2 is 1.86 bits per heavy atom. The summed E-state index contributed by atoms with van der Waals surface area (Å²) < 4.78 is 0. The third-order valence-corrected chi connectivity index (χ3v) is 5.80. The molecule has 0 fully saturated rings. The van der Waals surface area contributed by atoms with Crippen molar-refractivity contribution in [3.05, 3.63) is 87.1 Å². The van der Waals surface area contributed by atoms with Gasteiger partial charge in [-0.25, -0.2) is 4.98 Å². The van der Waals surface area contributed by atoms with Crippen LogP contribution in [0.25, 0.3) is 17.0 Å². The molecule has 29 heavy (non-hydrogen) atoms. The van der Waals surface area contributed by atoms with Crippen molar-refractivity contribution in [1.82, 2.24) is 9.88 Å². The predicted octanol–water partition coefficient (Wildman–Crippen LogP) is 6.40. The maximum atomic E-state index is 10.2. The monoisotopic (exact) mass is 424 g/mol. The predicted molar refractivity (Wildman–Crippen MR) is 122 cm³/mol. The maximum absolute atomic E-state index is 10.2. The number of allylic oxidation sites excluding steroid dienone is 1. The molecule has 1 aliphatic rings. The normalized spacial score (nSPS) is 15.2. The van der Waals surface area contributed by atoms with Gasteiger partial charge in [0.15, 0.2) is 5.75 Å². The summed E-state index contributed by atoms with van der Waals surface area (Å²) >= 11 is 12.2. The fourth-order valence-electron chi connectivity index (χ4n) is 3.48. The Bertz CT molecular complexity index is 1100. The largest absolute Gasteiger partial charge is 0.504 e. The minimum absolute atomic E-state index is 0.0371. The Hall–Kier alpha value is -2.33. The quantitative estimate of drug-likeness (QED) is 0.525. The number of hydrogen-bond acceptors (Lipinski definition) is 3. The van der Waals surface area contributed by atoms with Gasteiger partial charge < -0.3 is 5.11 Å². The van der Waals surface area contributed by atoms with E-state index in [1.807, 2.05) is 18.2 Å². The molecule has 0 aliphatic carbocycles. The number of fused-ring (bicyclic) bond motifs is 1. The second-order valence-corrected chi connectivity index (χ2v) is 8.22. The van der Waals surface area contributed by atoms with E-state index >= 15 is 0 Å². The smallest absolute Gasteiger partial charge is 0.160 e. The number of aryl methyl sites for hydroxylation is 1. The van der Waals surface area contributed by atoms with Gasteiger partial charge in [0.2, 0.25) is 0 Å². The lowest BCUT2D eigenvalue weighted by Crippen LogP contribution is -2.28. The van der Waals surface area contributed by atoms with Crippen LogP contribution in [0.1, 0.15) is 23.2 Å². The zero-order valence-corrected chi connectivity index (χ0v) is 17.7. The average Bonchev–Trinajstić information content (AvgIpc) is 2.73. The van der Waals surface area contributed by atoms with E-state index in [4.69, 9.17) is 23.2 Å². The molecule has 4 rings (SSSR count). The fraction of sp³-hybridized carbons (Fsp3) is 0.208. The molecule has 0 spiro atoms. The van der Waals surface area contributed by atoms with E-state index in [1.54, 1.807) is 0 Å². The number of nitrogens with zero attached hydrogens (tertiary/aromatic N) is 2. The van der Waals surface area contributed by atoms with Crippen LogP contribution in [-0.2, 0) is 6.54 Å². The average molecular weight is 425 g/mol. The van der Waals surface area contributed by atoms with Crippen molar-refractivity contribution in [3.63, 3.8) is 0 Å². The van der Waals surface area contributed by atoms with Gasteiger partial charge in [0.1, 0.15) is 5.52 Å². The molecule has 0 amide bonds. The zero-order chi connectivity index (χ0) is 20.4. The SMILES string of the molecule is Cc1ccc(CN2CC=C(/C=C/c3ccc4c(Cl)cc(Cl)c(O)c4n3)CC2)cc1. The summed E-state index contributed by atoms with van der Waals surface area (Å²) in [5.41, 5.74) is 5.11. The molecule has 0 saturated heterocycles. The van der Waals surface area contributed by atoms with Gasteiger partial charge in [0.05, 0.1) is 15.7 Å². The van der Waals surface area contributed by atoms with Crippen molar-refractivity contribution in [2.45, 2.75) is 19.9 Å². The van der Waals surface area contributed by atoms with Crippen LogP contribution in [-0.4, -0.2) is 28.1 Å². The van der Waals surface area contributed by atoms with Crippen molar-refractivity contribution < 1.29 is 5.11 Å². The third-order valence-electron chi connectivity index (χ3n) is 5.20. The van der Waals surface area contributed by atoms with Crippen LogP contribution >= 0.6 is 23.2 Å². The van der Waals surface area contributed by atoms with Gasteiger partial charge in [-0.15, -0.1) is 0 Å². The fourth-order valence-corrected chi connectivity index (χ4v) is 3.99. The third kappa shape index (κ3) is 4.64. The van der Waals surface area contributed by atoms with Crippen molar-refractivity contribution in [3.8, 4) is 5.75 Å². The van der Waals surface area contributed by atoms with E-state index in [-0.39, 0.29) is 10.8 Å². The second-order valence-electron chi connectivity index (χ2n) is 7.40. The molecular formula is C24H22Cl2N2O. The van der Waals surface area contributed by atoms with Gasteiger partial charge in [-0.3, -0.25) is 4.90 Å². The van der Waals surface area contributed by atoms with Crippen LogP contribution in [0.15, 0.2) is 60.2 Å². The van der Waals surface area contributed by atoms with E-state index in [0.717, 1.165) is 31.7 Å². The number of phenols is 1. The number of benzene rings is 2. The molecule has 148 valence electrons. The summed E-state index contributed by atoms with van der Waals surface area (Å²) in [4.78, 5) is 6.96. The zero-order valence-electron chi connectivity index (χ0n) is 16.2. The second kappa shape index (κ2) is 8.58. The van der Waals surface area contributed by atoms with Crippen LogP contribution < -0.4 is 0 Å². The molecule has 3 nitrogen and oxygen atoms in total. The maximum Gasteiger partial charge on any atom is 0.160 e. The Morgan fingerprint density at radius 3 is 2.59 bits per heavy atom. The Morgan fingerprint density at radius 1 is 1.07 bits per heavy atom. The number of pyridine rings is 1. The summed E-state index contributed by atoms with van der Waals surface area (Å²) in [5.74, 6) is -0.0371. The number of hydrogen-bond donors (Lipinski definition) is 1. The lowest BCUT2D eigenvalue weighted by molar-refractivity contribution is 0.287. The molecule has 0 atom stereocenters. The van der Waals surface area contributed by atoms with E-state index in [0.29, 0.717) is 15.9 Å². The summed E-state index contributed by atoms with van der Waals surface area (Å²) in [6, 6.07) is 14.0. The topological polar surface area (TPSA) is 36.4 Å². The standard InChI is InChI=1S/C24H22Cl2N2O/c1-16-2-4-18(5-3-16)15-28-12-10-17(11-13-28)6-7-19-8-9-20-21(25)14-22(26)24(29)23(20)27-19/h2-10,14,29H,11-13,15H2,1H3/b7-6+. The highest BCUT2D eigenvalue weighted by Crippen LogP contribution is 2.36. The molecule has 0 radical (unpaired) electrons. The van der Waals surface area contributed by atoms with Gasteiger partial charge in [-0.1, -0.05) is 65.2 Å². The van der Waals surface area contributed by atoms with Crippen molar-refractivity contribution in [2.24, 2.45) is 0 Å². The van der Waals surface area contributed by atoms with Crippen molar-refractivity contribution in [2.75, 3.05) is 13.1 Å².